The number of benzene rings is 1. The van der Waals surface area contributed by atoms with Crippen molar-refractivity contribution in [2.24, 2.45) is 0 Å². The third kappa shape index (κ3) is 3.63. The number of aromatic nitrogens is 3. The SMILES string of the molecule is COc1c(N2CCOCC2)nc(-c2ccc(F)c3[nH]ccc23)nc1C(C)(C)S(C)(=O)=O. The molecule has 0 atom stereocenters. The first-order valence-corrected chi connectivity index (χ1v) is 11.8. The number of halogens is 1. The van der Waals surface area contributed by atoms with E-state index >= 15 is 0 Å². The smallest absolute Gasteiger partial charge is 0.184 e. The molecule has 8 nitrogen and oxygen atoms in total. The second-order valence-electron chi connectivity index (χ2n) is 8.00. The molecule has 166 valence electrons. The summed E-state index contributed by atoms with van der Waals surface area (Å²) in [4.78, 5) is 14.3. The molecule has 31 heavy (non-hydrogen) atoms. The van der Waals surface area contributed by atoms with Crippen LogP contribution in [0.5, 0.6) is 5.75 Å². The highest BCUT2D eigenvalue weighted by molar-refractivity contribution is 7.91. The molecular weight excluding hydrogens is 423 g/mol. The van der Waals surface area contributed by atoms with E-state index in [0.29, 0.717) is 60.2 Å². The summed E-state index contributed by atoms with van der Waals surface area (Å²) in [5.41, 5.74) is 1.20. The standard InChI is InChI=1S/C21H25FN4O4S/c1-21(2,31(4,27)28)18-17(29-3)20(26-9-11-30-12-10-26)25-19(24-18)14-5-6-15(22)16-13(14)7-8-23-16/h5-8,23H,9-12H2,1-4H3. The van der Waals surface area contributed by atoms with Crippen molar-refractivity contribution in [3.63, 3.8) is 0 Å². The maximum Gasteiger partial charge on any atom is 0.184 e. The number of hydrogen-bond donors (Lipinski definition) is 1. The second-order valence-corrected chi connectivity index (χ2v) is 10.6. The van der Waals surface area contributed by atoms with E-state index < -0.39 is 14.6 Å². The summed E-state index contributed by atoms with van der Waals surface area (Å²) in [6.07, 6.45) is 2.82. The molecule has 2 aromatic heterocycles. The molecule has 1 fully saturated rings. The number of sulfone groups is 1. The maximum absolute atomic E-state index is 14.2. The number of aromatic amines is 1. The van der Waals surface area contributed by atoms with Gasteiger partial charge in [0.1, 0.15) is 16.3 Å². The van der Waals surface area contributed by atoms with Crippen LogP contribution in [-0.2, 0) is 19.3 Å². The van der Waals surface area contributed by atoms with Crippen molar-refractivity contribution in [1.82, 2.24) is 15.0 Å². The van der Waals surface area contributed by atoms with Gasteiger partial charge in [-0.2, -0.15) is 0 Å². The Kier molecular flexibility index (Phi) is 5.38. The molecule has 1 aliphatic rings. The number of nitrogens with zero attached hydrogens (tertiary/aromatic N) is 3. The predicted molar refractivity (Wildman–Crippen MR) is 117 cm³/mol. The van der Waals surface area contributed by atoms with Gasteiger partial charge >= 0.3 is 0 Å². The number of hydrogen-bond acceptors (Lipinski definition) is 7. The lowest BCUT2D eigenvalue weighted by Crippen LogP contribution is -2.38. The van der Waals surface area contributed by atoms with Gasteiger partial charge in [0.05, 0.1) is 25.8 Å². The fourth-order valence-electron chi connectivity index (χ4n) is 3.64. The predicted octanol–water partition coefficient (Wildman–Crippen LogP) is 2.89. The molecule has 4 rings (SSSR count). The van der Waals surface area contributed by atoms with E-state index in [1.54, 1.807) is 32.2 Å². The third-order valence-corrected chi connectivity index (χ3v) is 7.82. The molecule has 1 saturated heterocycles. The minimum Gasteiger partial charge on any atom is -0.491 e. The van der Waals surface area contributed by atoms with Crippen LogP contribution in [0.25, 0.3) is 22.3 Å². The number of methoxy groups -OCH3 is 1. The van der Waals surface area contributed by atoms with Gasteiger partial charge in [0, 0.05) is 36.5 Å². The van der Waals surface area contributed by atoms with Crippen LogP contribution >= 0.6 is 0 Å². The molecule has 0 radical (unpaired) electrons. The Labute approximate surface area is 180 Å². The van der Waals surface area contributed by atoms with Gasteiger partial charge < -0.3 is 19.4 Å². The van der Waals surface area contributed by atoms with Gasteiger partial charge in [-0.05, 0) is 32.0 Å². The van der Waals surface area contributed by atoms with Crippen LogP contribution in [0, 0.1) is 5.82 Å². The number of morpholine rings is 1. The van der Waals surface area contributed by atoms with E-state index in [1.807, 2.05) is 4.90 Å². The lowest BCUT2D eigenvalue weighted by molar-refractivity contribution is 0.122. The van der Waals surface area contributed by atoms with E-state index in [9.17, 15) is 12.8 Å². The van der Waals surface area contributed by atoms with Crippen LogP contribution in [0.1, 0.15) is 19.5 Å². The molecule has 0 aliphatic carbocycles. The molecule has 1 aromatic carbocycles. The lowest BCUT2D eigenvalue weighted by Gasteiger charge is -2.32. The summed E-state index contributed by atoms with van der Waals surface area (Å²) >= 11 is 0. The molecule has 10 heteroatoms. The first-order valence-electron chi connectivity index (χ1n) is 9.90. The molecule has 0 bridgehead atoms. The van der Waals surface area contributed by atoms with Crippen molar-refractivity contribution < 1.29 is 22.3 Å². The highest BCUT2D eigenvalue weighted by Gasteiger charge is 2.39. The van der Waals surface area contributed by atoms with Crippen molar-refractivity contribution in [2.75, 3.05) is 44.6 Å². The lowest BCUT2D eigenvalue weighted by atomic mass is 10.1. The van der Waals surface area contributed by atoms with Crippen LogP contribution in [0.3, 0.4) is 0 Å². The summed E-state index contributed by atoms with van der Waals surface area (Å²) < 4.78 is 49.3. The fraction of sp³-hybridized carbons (Fsp3) is 0.429. The van der Waals surface area contributed by atoms with E-state index in [1.165, 1.54) is 19.4 Å². The van der Waals surface area contributed by atoms with Crippen molar-refractivity contribution in [1.29, 1.82) is 0 Å². The summed E-state index contributed by atoms with van der Waals surface area (Å²) in [5, 5.41) is 0.612. The third-order valence-electron chi connectivity index (χ3n) is 5.77. The average molecular weight is 449 g/mol. The van der Waals surface area contributed by atoms with Gasteiger partial charge in [0.15, 0.2) is 27.2 Å². The first-order chi connectivity index (χ1) is 14.6. The van der Waals surface area contributed by atoms with Gasteiger partial charge in [-0.3, -0.25) is 0 Å². The van der Waals surface area contributed by atoms with Crippen LogP contribution in [0.4, 0.5) is 10.2 Å². The number of fused-ring (bicyclic) bond motifs is 1. The fourth-order valence-corrected chi connectivity index (χ4v) is 4.13. The number of H-pyrrole nitrogens is 1. The van der Waals surface area contributed by atoms with Gasteiger partial charge in [-0.15, -0.1) is 0 Å². The van der Waals surface area contributed by atoms with Crippen molar-refractivity contribution in [3.05, 3.63) is 35.9 Å². The molecule has 3 heterocycles. The van der Waals surface area contributed by atoms with E-state index in [-0.39, 0.29) is 11.5 Å². The molecule has 1 N–H and O–H groups in total. The zero-order chi connectivity index (χ0) is 22.4. The van der Waals surface area contributed by atoms with Gasteiger partial charge in [-0.1, -0.05) is 0 Å². The highest BCUT2D eigenvalue weighted by atomic mass is 32.2. The van der Waals surface area contributed by atoms with E-state index in [4.69, 9.17) is 14.5 Å². The number of nitrogens with one attached hydrogen (secondary N) is 1. The topological polar surface area (TPSA) is 97.4 Å². The second kappa shape index (κ2) is 7.76. The quantitative estimate of drug-likeness (QED) is 0.641. The molecule has 1 aliphatic heterocycles. The molecule has 0 unspecified atom stereocenters. The van der Waals surface area contributed by atoms with Crippen molar-refractivity contribution in [2.45, 2.75) is 18.6 Å². The molecule has 3 aromatic rings. The van der Waals surface area contributed by atoms with Gasteiger partial charge in [0.2, 0.25) is 0 Å². The van der Waals surface area contributed by atoms with Crippen LogP contribution < -0.4 is 9.64 Å². The number of ether oxygens (including phenoxy) is 2. The maximum atomic E-state index is 14.2. The minimum absolute atomic E-state index is 0.261. The molecule has 0 spiro atoms. The minimum atomic E-state index is -3.55. The van der Waals surface area contributed by atoms with E-state index in [2.05, 4.69) is 9.97 Å². The Balaban J connectivity index is 2.03. The normalized spacial score (nSPS) is 15.5. The molecule has 0 saturated carbocycles. The summed E-state index contributed by atoms with van der Waals surface area (Å²) in [5.74, 6) is 0.727. The Morgan fingerprint density at radius 2 is 1.90 bits per heavy atom. The monoisotopic (exact) mass is 448 g/mol. The number of anilines is 1. The van der Waals surface area contributed by atoms with Crippen LogP contribution in [-0.4, -0.2) is 63.0 Å². The van der Waals surface area contributed by atoms with Crippen molar-refractivity contribution in [3.8, 4) is 17.1 Å². The van der Waals surface area contributed by atoms with Crippen LogP contribution in [0.15, 0.2) is 24.4 Å². The Morgan fingerprint density at radius 1 is 1.19 bits per heavy atom. The summed E-state index contributed by atoms with van der Waals surface area (Å²) in [6, 6.07) is 4.70. The van der Waals surface area contributed by atoms with Crippen molar-refractivity contribution >= 4 is 26.6 Å². The Bertz CT molecular complexity index is 1230. The highest BCUT2D eigenvalue weighted by Crippen LogP contribution is 2.41. The first kappa shape index (κ1) is 21.5. The zero-order valence-corrected chi connectivity index (χ0v) is 18.7. The Morgan fingerprint density at radius 3 is 2.55 bits per heavy atom. The average Bonchev–Trinajstić information content (AvgIpc) is 3.24. The van der Waals surface area contributed by atoms with E-state index in [0.717, 1.165) is 0 Å². The van der Waals surface area contributed by atoms with Crippen LogP contribution in [0.2, 0.25) is 0 Å². The summed E-state index contributed by atoms with van der Waals surface area (Å²) in [7, 11) is -2.07. The largest absolute Gasteiger partial charge is 0.491 e. The summed E-state index contributed by atoms with van der Waals surface area (Å²) in [6.45, 7) is 5.38. The Hall–Kier alpha value is -2.72. The van der Waals surface area contributed by atoms with Gasteiger partial charge in [0.25, 0.3) is 0 Å². The van der Waals surface area contributed by atoms with Gasteiger partial charge in [-0.25, -0.2) is 22.8 Å². The number of rotatable bonds is 5. The molecule has 0 amide bonds. The zero-order valence-electron chi connectivity index (χ0n) is 17.9. The molecular formula is C21H25FN4O4S.